The number of nitrogens with zero attached hydrogens (tertiary/aromatic N) is 1. The number of carbonyl (C=O) groups is 1. The molecule has 2 rings (SSSR count). The van der Waals surface area contributed by atoms with Gasteiger partial charge < -0.3 is 10.6 Å². The first-order valence-corrected chi connectivity index (χ1v) is 9.62. The number of carbonyl (C=O) groups excluding carboxylic acids is 1. The average Bonchev–Trinajstić information content (AvgIpc) is 2.59. The molecule has 1 aliphatic rings. The van der Waals surface area contributed by atoms with Crippen molar-refractivity contribution in [3.63, 3.8) is 0 Å². The summed E-state index contributed by atoms with van der Waals surface area (Å²) in [5.41, 5.74) is 6.38. The molecule has 0 bridgehead atoms. The Hall–Kier alpha value is -1.41. The van der Waals surface area contributed by atoms with Crippen LogP contribution in [0.15, 0.2) is 41.8 Å². The van der Waals surface area contributed by atoms with Gasteiger partial charge in [0.25, 0.3) is 5.91 Å². The molecule has 0 spiro atoms. The number of nitrogens with two attached hydrogens (primary N) is 1. The van der Waals surface area contributed by atoms with Crippen LogP contribution in [0, 0.1) is 0 Å². The molecule has 3 N–H and O–H groups in total. The number of sulfonamides is 1. The predicted octanol–water partition coefficient (Wildman–Crippen LogP) is 1.91. The van der Waals surface area contributed by atoms with Crippen LogP contribution < -0.4 is 10.5 Å². The molecule has 1 aliphatic heterocycles. The maximum absolute atomic E-state index is 12.8. The van der Waals surface area contributed by atoms with Crippen molar-refractivity contribution in [2.75, 3.05) is 13.1 Å². The molecule has 2 unspecified atom stereocenters. The van der Waals surface area contributed by atoms with Gasteiger partial charge in [-0.15, -0.1) is 19.0 Å². The van der Waals surface area contributed by atoms with E-state index in [1.807, 2.05) is 6.92 Å². The lowest BCUT2D eigenvalue weighted by molar-refractivity contribution is 0.0583. The van der Waals surface area contributed by atoms with Crippen molar-refractivity contribution in [2.24, 2.45) is 5.73 Å². The number of halogens is 1. The summed E-state index contributed by atoms with van der Waals surface area (Å²) in [5, 5.41) is 0. The molecule has 1 aromatic carbocycles. The lowest BCUT2D eigenvalue weighted by atomic mass is 9.96. The van der Waals surface area contributed by atoms with Gasteiger partial charge >= 0.3 is 0 Å². The Morgan fingerprint density at radius 1 is 1.48 bits per heavy atom. The molecular formula is C17H26ClN3O3S. The van der Waals surface area contributed by atoms with Gasteiger partial charge in [-0.1, -0.05) is 12.1 Å². The summed E-state index contributed by atoms with van der Waals surface area (Å²) in [6.45, 7) is 6.18. The maximum Gasteiger partial charge on any atom is 0.254 e. The topological polar surface area (TPSA) is 92.5 Å². The standard InChI is InChI=1S/C17H25N3O3S.ClH/c1-3-10-19-24(22,23)15-8-6-7-14(12-15)17(21)20-11-5-4-9-16(20)13(2)18;/h3,6-8,12-13,16,19H,1,4-5,9-11,18H2,2H3;1H. The zero-order valence-electron chi connectivity index (χ0n) is 14.3. The van der Waals surface area contributed by atoms with Gasteiger partial charge in [-0.3, -0.25) is 4.79 Å². The third kappa shape index (κ3) is 5.28. The van der Waals surface area contributed by atoms with E-state index in [2.05, 4.69) is 11.3 Å². The maximum atomic E-state index is 12.8. The van der Waals surface area contributed by atoms with Crippen molar-refractivity contribution in [2.45, 2.75) is 43.2 Å². The van der Waals surface area contributed by atoms with Crippen molar-refractivity contribution in [3.8, 4) is 0 Å². The molecule has 0 aliphatic carbocycles. The van der Waals surface area contributed by atoms with E-state index in [9.17, 15) is 13.2 Å². The van der Waals surface area contributed by atoms with Gasteiger partial charge in [0.05, 0.1) is 4.90 Å². The molecule has 8 heteroatoms. The van der Waals surface area contributed by atoms with E-state index in [0.29, 0.717) is 12.1 Å². The van der Waals surface area contributed by atoms with E-state index in [-0.39, 0.29) is 41.8 Å². The van der Waals surface area contributed by atoms with Crippen LogP contribution in [-0.4, -0.2) is 44.4 Å². The number of nitrogens with one attached hydrogen (secondary N) is 1. The van der Waals surface area contributed by atoms with Crippen LogP contribution in [0.4, 0.5) is 0 Å². The average molecular weight is 388 g/mol. The molecule has 0 aromatic heterocycles. The van der Waals surface area contributed by atoms with Crippen molar-refractivity contribution in [3.05, 3.63) is 42.5 Å². The number of likely N-dealkylation sites (tertiary alicyclic amines) is 1. The quantitative estimate of drug-likeness (QED) is 0.729. The van der Waals surface area contributed by atoms with Crippen LogP contribution in [-0.2, 0) is 10.0 Å². The molecule has 6 nitrogen and oxygen atoms in total. The van der Waals surface area contributed by atoms with Crippen LogP contribution in [0.25, 0.3) is 0 Å². The smallest absolute Gasteiger partial charge is 0.254 e. The van der Waals surface area contributed by atoms with Crippen molar-refractivity contribution >= 4 is 28.3 Å². The monoisotopic (exact) mass is 387 g/mol. The molecule has 1 fully saturated rings. The number of benzene rings is 1. The van der Waals surface area contributed by atoms with Gasteiger partial charge in [0, 0.05) is 30.7 Å². The van der Waals surface area contributed by atoms with E-state index in [1.54, 1.807) is 17.0 Å². The van der Waals surface area contributed by atoms with Crippen molar-refractivity contribution < 1.29 is 13.2 Å². The lowest BCUT2D eigenvalue weighted by Gasteiger charge is -2.38. The van der Waals surface area contributed by atoms with Gasteiger partial charge in [0.2, 0.25) is 10.0 Å². The third-order valence-corrected chi connectivity index (χ3v) is 5.65. The minimum atomic E-state index is -3.66. The van der Waals surface area contributed by atoms with E-state index >= 15 is 0 Å². The Bertz CT molecular complexity index is 707. The van der Waals surface area contributed by atoms with E-state index in [1.165, 1.54) is 18.2 Å². The molecule has 0 radical (unpaired) electrons. The first-order chi connectivity index (χ1) is 11.4. The van der Waals surface area contributed by atoms with Crippen LogP contribution >= 0.6 is 12.4 Å². The zero-order chi connectivity index (χ0) is 17.7. The fourth-order valence-electron chi connectivity index (χ4n) is 2.97. The zero-order valence-corrected chi connectivity index (χ0v) is 16.0. The second-order valence-electron chi connectivity index (χ2n) is 6.09. The molecule has 1 aromatic rings. The summed E-state index contributed by atoms with van der Waals surface area (Å²) in [6.07, 6.45) is 4.33. The predicted molar refractivity (Wildman–Crippen MR) is 101 cm³/mol. The molecule has 25 heavy (non-hydrogen) atoms. The number of piperidine rings is 1. The molecule has 1 heterocycles. The lowest BCUT2D eigenvalue weighted by Crippen LogP contribution is -2.51. The van der Waals surface area contributed by atoms with Gasteiger partial charge in [0.15, 0.2) is 0 Å². The van der Waals surface area contributed by atoms with Crippen LogP contribution in [0.2, 0.25) is 0 Å². The molecule has 1 saturated heterocycles. The van der Waals surface area contributed by atoms with Crippen molar-refractivity contribution in [1.29, 1.82) is 0 Å². The second-order valence-corrected chi connectivity index (χ2v) is 7.86. The second kappa shape index (κ2) is 9.33. The highest BCUT2D eigenvalue weighted by Crippen LogP contribution is 2.22. The van der Waals surface area contributed by atoms with E-state index in [0.717, 1.165) is 19.3 Å². The summed E-state index contributed by atoms with van der Waals surface area (Å²) in [4.78, 5) is 14.7. The Kier molecular flexibility index (Phi) is 8.08. The Morgan fingerprint density at radius 3 is 2.84 bits per heavy atom. The summed E-state index contributed by atoms with van der Waals surface area (Å²) >= 11 is 0. The van der Waals surface area contributed by atoms with Gasteiger partial charge in [-0.25, -0.2) is 13.1 Å². The van der Waals surface area contributed by atoms with Crippen LogP contribution in [0.1, 0.15) is 36.5 Å². The number of hydrogen-bond donors (Lipinski definition) is 2. The minimum absolute atomic E-state index is 0. The summed E-state index contributed by atoms with van der Waals surface area (Å²) in [7, 11) is -3.66. The number of hydrogen-bond acceptors (Lipinski definition) is 4. The fourth-order valence-corrected chi connectivity index (χ4v) is 4.01. The highest BCUT2D eigenvalue weighted by molar-refractivity contribution is 7.89. The third-order valence-electron chi connectivity index (χ3n) is 4.23. The molecule has 0 saturated carbocycles. The SMILES string of the molecule is C=CCNS(=O)(=O)c1cccc(C(=O)N2CCCCC2C(C)N)c1.Cl. The van der Waals surface area contributed by atoms with E-state index < -0.39 is 10.0 Å². The van der Waals surface area contributed by atoms with Crippen molar-refractivity contribution in [1.82, 2.24) is 9.62 Å². The van der Waals surface area contributed by atoms with Gasteiger partial charge in [-0.2, -0.15) is 0 Å². The Balaban J connectivity index is 0.00000312. The van der Waals surface area contributed by atoms with Gasteiger partial charge in [0.1, 0.15) is 0 Å². The molecule has 2 atom stereocenters. The van der Waals surface area contributed by atoms with Gasteiger partial charge in [-0.05, 0) is 44.4 Å². The minimum Gasteiger partial charge on any atom is -0.334 e. The number of amides is 1. The van der Waals surface area contributed by atoms with Crippen LogP contribution in [0.5, 0.6) is 0 Å². The largest absolute Gasteiger partial charge is 0.334 e. The Morgan fingerprint density at radius 2 is 2.20 bits per heavy atom. The summed E-state index contributed by atoms with van der Waals surface area (Å²) < 4.78 is 26.8. The number of rotatable bonds is 6. The Labute approximate surface area is 155 Å². The highest BCUT2D eigenvalue weighted by Gasteiger charge is 2.30. The normalized spacial score (nSPS) is 19.0. The molecule has 140 valence electrons. The first-order valence-electron chi connectivity index (χ1n) is 8.14. The summed E-state index contributed by atoms with van der Waals surface area (Å²) in [6, 6.07) is 5.99. The van der Waals surface area contributed by atoms with E-state index in [4.69, 9.17) is 5.73 Å². The molecule has 1 amide bonds. The summed E-state index contributed by atoms with van der Waals surface area (Å²) in [5.74, 6) is -0.169. The highest BCUT2D eigenvalue weighted by atomic mass is 35.5. The molecular weight excluding hydrogens is 362 g/mol. The fraction of sp³-hybridized carbons (Fsp3) is 0.471. The van der Waals surface area contributed by atoms with Crippen LogP contribution in [0.3, 0.4) is 0 Å². The first kappa shape index (κ1) is 21.6.